The summed E-state index contributed by atoms with van der Waals surface area (Å²) in [5.41, 5.74) is 6.93. The molecule has 2 rings (SSSR count). The highest BCUT2D eigenvalue weighted by Crippen LogP contribution is 2.34. The molecule has 0 saturated heterocycles. The first-order valence-electron chi connectivity index (χ1n) is 6.59. The predicted octanol–water partition coefficient (Wildman–Crippen LogP) is 2.57. The van der Waals surface area contributed by atoms with Gasteiger partial charge in [0.25, 0.3) is 0 Å². The summed E-state index contributed by atoms with van der Waals surface area (Å²) >= 11 is 0. The third-order valence-electron chi connectivity index (χ3n) is 3.47. The van der Waals surface area contributed by atoms with Crippen LogP contribution in [0.15, 0.2) is 4.52 Å². The molecule has 0 aliphatic heterocycles. The maximum Gasteiger partial charge on any atom is 0.170 e. The summed E-state index contributed by atoms with van der Waals surface area (Å²) in [4.78, 5) is 0. The molecule has 1 aliphatic rings. The second kappa shape index (κ2) is 5.54. The molecule has 0 radical (unpaired) electrons. The summed E-state index contributed by atoms with van der Waals surface area (Å²) in [5, 5.41) is 3.87. The highest BCUT2D eigenvalue weighted by Gasteiger charge is 2.31. The van der Waals surface area contributed by atoms with Gasteiger partial charge in [-0.05, 0) is 32.1 Å². The number of hydrogen-bond acceptors (Lipinski definition) is 4. The number of hydrogen-bond donors (Lipinski definition) is 1. The number of aromatic nitrogens is 1. The van der Waals surface area contributed by atoms with Crippen LogP contribution >= 0.6 is 0 Å². The topological polar surface area (TPSA) is 61.3 Å². The van der Waals surface area contributed by atoms with E-state index in [0.29, 0.717) is 17.8 Å². The van der Waals surface area contributed by atoms with Crippen LogP contribution in [0, 0.1) is 5.92 Å². The van der Waals surface area contributed by atoms with E-state index in [-0.39, 0.29) is 0 Å². The molecule has 2 N–H and O–H groups in total. The summed E-state index contributed by atoms with van der Waals surface area (Å²) in [6, 6.07) is 0. The van der Waals surface area contributed by atoms with E-state index in [9.17, 15) is 0 Å². The molecule has 1 aliphatic carbocycles. The van der Waals surface area contributed by atoms with Gasteiger partial charge < -0.3 is 15.0 Å². The zero-order valence-corrected chi connectivity index (χ0v) is 10.7. The first kappa shape index (κ1) is 12.4. The number of rotatable bonds is 6. The summed E-state index contributed by atoms with van der Waals surface area (Å²) in [6.45, 7) is 5.00. The standard InChI is InChI=1S/C13H22N2O2/c1-3-5-11-12(17-15-13(11)14)8-9-6-10(7-9)16-4-2/h9-10H,3-8H2,1-2H3,(H2,14,15). The maximum atomic E-state index is 5.81. The lowest BCUT2D eigenvalue weighted by atomic mass is 9.79. The van der Waals surface area contributed by atoms with Gasteiger partial charge in [-0.25, -0.2) is 0 Å². The van der Waals surface area contributed by atoms with Gasteiger partial charge in [-0.15, -0.1) is 0 Å². The zero-order valence-electron chi connectivity index (χ0n) is 10.7. The fourth-order valence-electron chi connectivity index (χ4n) is 2.51. The van der Waals surface area contributed by atoms with Crippen LogP contribution in [-0.4, -0.2) is 17.9 Å². The third-order valence-corrected chi connectivity index (χ3v) is 3.47. The average molecular weight is 238 g/mol. The van der Waals surface area contributed by atoms with Crippen molar-refractivity contribution in [3.05, 3.63) is 11.3 Å². The summed E-state index contributed by atoms with van der Waals surface area (Å²) in [6.07, 6.45) is 5.74. The van der Waals surface area contributed by atoms with Crippen molar-refractivity contribution in [2.45, 2.75) is 52.1 Å². The van der Waals surface area contributed by atoms with Crippen LogP contribution in [0.2, 0.25) is 0 Å². The van der Waals surface area contributed by atoms with E-state index in [4.69, 9.17) is 15.0 Å². The first-order valence-corrected chi connectivity index (χ1v) is 6.59. The summed E-state index contributed by atoms with van der Waals surface area (Å²) in [5.74, 6) is 2.24. The SMILES string of the molecule is CCCc1c(N)noc1CC1CC(OCC)C1. The normalized spacial score (nSPS) is 23.6. The van der Waals surface area contributed by atoms with Crippen molar-refractivity contribution in [2.75, 3.05) is 12.3 Å². The van der Waals surface area contributed by atoms with Crippen LogP contribution < -0.4 is 5.73 Å². The lowest BCUT2D eigenvalue weighted by molar-refractivity contribution is -0.0255. The molecule has 4 heteroatoms. The zero-order chi connectivity index (χ0) is 12.3. The van der Waals surface area contributed by atoms with Gasteiger partial charge in [0.2, 0.25) is 0 Å². The molecule has 0 bridgehead atoms. The van der Waals surface area contributed by atoms with Crippen LogP contribution in [0.5, 0.6) is 0 Å². The molecule has 0 spiro atoms. The molecular weight excluding hydrogens is 216 g/mol. The third kappa shape index (κ3) is 2.80. The number of anilines is 1. The van der Waals surface area contributed by atoms with Crippen molar-refractivity contribution >= 4 is 5.82 Å². The molecule has 1 saturated carbocycles. The molecule has 1 aromatic heterocycles. The molecule has 4 nitrogen and oxygen atoms in total. The monoisotopic (exact) mass is 238 g/mol. The van der Waals surface area contributed by atoms with Gasteiger partial charge >= 0.3 is 0 Å². The highest BCUT2D eigenvalue weighted by atomic mass is 16.5. The molecule has 17 heavy (non-hydrogen) atoms. The van der Waals surface area contributed by atoms with Crippen LogP contribution in [0.25, 0.3) is 0 Å². The van der Waals surface area contributed by atoms with Gasteiger partial charge in [-0.1, -0.05) is 18.5 Å². The van der Waals surface area contributed by atoms with E-state index >= 15 is 0 Å². The minimum absolute atomic E-state index is 0.458. The fraction of sp³-hybridized carbons (Fsp3) is 0.769. The van der Waals surface area contributed by atoms with E-state index in [1.807, 2.05) is 6.92 Å². The molecule has 0 amide bonds. The van der Waals surface area contributed by atoms with Gasteiger partial charge in [0.05, 0.1) is 6.10 Å². The predicted molar refractivity (Wildman–Crippen MR) is 66.8 cm³/mol. The number of nitrogens with zero attached hydrogens (tertiary/aromatic N) is 1. The number of nitrogen functional groups attached to an aromatic ring is 1. The largest absolute Gasteiger partial charge is 0.381 e. The van der Waals surface area contributed by atoms with Crippen LogP contribution in [0.1, 0.15) is 44.4 Å². The Morgan fingerprint density at radius 3 is 2.82 bits per heavy atom. The smallest absolute Gasteiger partial charge is 0.170 e. The van der Waals surface area contributed by atoms with Crippen molar-refractivity contribution in [1.82, 2.24) is 5.16 Å². The highest BCUT2D eigenvalue weighted by molar-refractivity contribution is 5.40. The second-order valence-corrected chi connectivity index (χ2v) is 4.84. The molecular formula is C13H22N2O2. The Morgan fingerprint density at radius 1 is 1.41 bits per heavy atom. The van der Waals surface area contributed by atoms with E-state index < -0.39 is 0 Å². The van der Waals surface area contributed by atoms with E-state index in [2.05, 4.69) is 12.1 Å². The lowest BCUT2D eigenvalue weighted by Crippen LogP contribution is -2.32. The quantitative estimate of drug-likeness (QED) is 0.827. The Morgan fingerprint density at radius 2 is 2.18 bits per heavy atom. The van der Waals surface area contributed by atoms with Crippen molar-refractivity contribution in [1.29, 1.82) is 0 Å². The minimum Gasteiger partial charge on any atom is -0.381 e. The van der Waals surface area contributed by atoms with Crippen molar-refractivity contribution in [2.24, 2.45) is 5.92 Å². The van der Waals surface area contributed by atoms with Gasteiger partial charge in [0.1, 0.15) is 5.76 Å². The van der Waals surface area contributed by atoms with Crippen molar-refractivity contribution in [3.63, 3.8) is 0 Å². The van der Waals surface area contributed by atoms with E-state index in [1.165, 1.54) is 0 Å². The van der Waals surface area contributed by atoms with E-state index in [0.717, 1.165) is 50.0 Å². The average Bonchev–Trinajstić information content (AvgIpc) is 2.59. The van der Waals surface area contributed by atoms with Crippen molar-refractivity contribution < 1.29 is 9.26 Å². The molecule has 0 atom stereocenters. The van der Waals surface area contributed by atoms with Gasteiger partial charge in [-0.2, -0.15) is 0 Å². The van der Waals surface area contributed by atoms with Crippen LogP contribution in [-0.2, 0) is 17.6 Å². The van der Waals surface area contributed by atoms with Gasteiger partial charge in [-0.3, -0.25) is 0 Å². The molecule has 0 unspecified atom stereocenters. The fourth-order valence-corrected chi connectivity index (χ4v) is 2.51. The molecule has 96 valence electrons. The minimum atomic E-state index is 0.458. The molecule has 1 aromatic rings. The second-order valence-electron chi connectivity index (χ2n) is 4.84. The van der Waals surface area contributed by atoms with Gasteiger partial charge in [0, 0.05) is 18.6 Å². The number of ether oxygens (including phenoxy) is 1. The summed E-state index contributed by atoms with van der Waals surface area (Å²) in [7, 11) is 0. The Bertz CT molecular complexity index is 356. The number of nitrogens with two attached hydrogens (primary N) is 1. The Balaban J connectivity index is 1.87. The van der Waals surface area contributed by atoms with E-state index in [1.54, 1.807) is 0 Å². The van der Waals surface area contributed by atoms with Crippen LogP contribution in [0.4, 0.5) is 5.82 Å². The van der Waals surface area contributed by atoms with Crippen molar-refractivity contribution in [3.8, 4) is 0 Å². The Kier molecular flexibility index (Phi) is 4.05. The van der Waals surface area contributed by atoms with Gasteiger partial charge in [0.15, 0.2) is 5.82 Å². The molecule has 0 aromatic carbocycles. The summed E-state index contributed by atoms with van der Waals surface area (Å²) < 4.78 is 10.9. The molecule has 1 fully saturated rings. The Labute approximate surface area is 102 Å². The Hall–Kier alpha value is -1.03. The lowest BCUT2D eigenvalue weighted by Gasteiger charge is -2.34. The first-order chi connectivity index (χ1) is 8.24. The maximum absolute atomic E-state index is 5.81. The molecule has 1 heterocycles. The van der Waals surface area contributed by atoms with Crippen LogP contribution in [0.3, 0.4) is 0 Å².